The van der Waals surface area contributed by atoms with Crippen LogP contribution < -0.4 is 10.6 Å². The normalized spacial score (nSPS) is 20.9. The van der Waals surface area contributed by atoms with E-state index >= 15 is 0 Å². The first-order valence-electron chi connectivity index (χ1n) is 8.69. The molecule has 0 aliphatic heterocycles. The molecule has 2 aromatic heterocycles. The molecule has 13 heteroatoms. The first-order valence-corrected chi connectivity index (χ1v) is 8.69. The summed E-state index contributed by atoms with van der Waals surface area (Å²) in [5.41, 5.74) is 4.93. The van der Waals surface area contributed by atoms with Gasteiger partial charge in [-0.15, -0.1) is 0 Å². The van der Waals surface area contributed by atoms with Gasteiger partial charge in [0.2, 0.25) is 11.9 Å². The lowest BCUT2D eigenvalue weighted by atomic mass is 9.80. The maximum absolute atomic E-state index is 13.4. The molecule has 0 atom stereocenters. The van der Waals surface area contributed by atoms with Crippen LogP contribution >= 0.6 is 0 Å². The number of nitrogens with two attached hydrogens (primary N) is 1. The average Bonchev–Trinajstić information content (AvgIpc) is 2.58. The van der Waals surface area contributed by atoms with Crippen LogP contribution in [0, 0.1) is 0 Å². The Morgan fingerprint density at radius 1 is 0.897 bits per heavy atom. The minimum absolute atomic E-state index is 0.129. The number of halogens is 6. The molecular formula is C16H15F6N7. The number of nitrogens with zero attached hydrogens (tertiary/aromatic N) is 6. The maximum atomic E-state index is 13.4. The lowest BCUT2D eigenvalue weighted by molar-refractivity contribution is -0.111. The van der Waals surface area contributed by atoms with E-state index in [1.165, 1.54) is 4.90 Å². The third-order valence-corrected chi connectivity index (χ3v) is 4.90. The summed E-state index contributed by atoms with van der Waals surface area (Å²) >= 11 is 0. The van der Waals surface area contributed by atoms with E-state index < -0.39 is 61.7 Å². The van der Waals surface area contributed by atoms with Gasteiger partial charge in [-0.25, -0.2) is 31.3 Å². The number of aromatic nitrogens is 5. The van der Waals surface area contributed by atoms with Crippen molar-refractivity contribution in [3.8, 4) is 11.5 Å². The standard InChI is InChI=1S/C16H15F6N7/c17-11(18)9-5-24-6-10(25-9)12-26-13(23)28-14(27-12)29(7-1-15(19,20)2-7)8-3-16(21,22)4-8/h5-8,11H,1-4H2,(H2,23,26,27,28). The fraction of sp³-hybridized carbons (Fsp3) is 0.562. The monoisotopic (exact) mass is 419 g/mol. The van der Waals surface area contributed by atoms with Gasteiger partial charge >= 0.3 is 0 Å². The highest BCUT2D eigenvalue weighted by molar-refractivity contribution is 5.53. The minimum Gasteiger partial charge on any atom is -0.368 e. The van der Waals surface area contributed by atoms with E-state index in [0.29, 0.717) is 0 Å². The Labute approximate surface area is 160 Å². The van der Waals surface area contributed by atoms with Gasteiger partial charge in [0.15, 0.2) is 5.82 Å². The van der Waals surface area contributed by atoms with E-state index in [9.17, 15) is 26.3 Å². The molecule has 2 aliphatic carbocycles. The predicted molar refractivity (Wildman–Crippen MR) is 88.6 cm³/mol. The molecule has 7 nitrogen and oxygen atoms in total. The van der Waals surface area contributed by atoms with Crippen molar-refractivity contribution in [3.05, 3.63) is 18.1 Å². The summed E-state index contributed by atoms with van der Waals surface area (Å²) in [4.78, 5) is 20.5. The van der Waals surface area contributed by atoms with Crippen molar-refractivity contribution in [2.45, 2.75) is 56.0 Å². The fourth-order valence-corrected chi connectivity index (χ4v) is 3.48. The van der Waals surface area contributed by atoms with Crippen molar-refractivity contribution < 1.29 is 26.3 Å². The molecule has 2 saturated carbocycles. The van der Waals surface area contributed by atoms with Gasteiger partial charge in [0, 0.05) is 37.8 Å². The molecule has 0 saturated heterocycles. The van der Waals surface area contributed by atoms with Crippen molar-refractivity contribution in [1.82, 2.24) is 24.9 Å². The molecule has 0 amide bonds. The molecule has 156 valence electrons. The van der Waals surface area contributed by atoms with Gasteiger partial charge in [-0.1, -0.05) is 0 Å². The first kappa shape index (κ1) is 19.6. The highest BCUT2D eigenvalue weighted by Crippen LogP contribution is 2.48. The Bertz CT molecular complexity index is 884. The van der Waals surface area contributed by atoms with E-state index in [2.05, 4.69) is 24.9 Å². The Balaban J connectivity index is 1.69. The molecule has 2 fully saturated rings. The topological polar surface area (TPSA) is 93.7 Å². The van der Waals surface area contributed by atoms with E-state index in [0.717, 1.165) is 12.4 Å². The second kappa shape index (κ2) is 6.66. The van der Waals surface area contributed by atoms with Crippen LogP contribution in [0.4, 0.5) is 38.2 Å². The molecule has 0 bridgehead atoms. The molecule has 0 radical (unpaired) electrons. The number of hydrogen-bond donors (Lipinski definition) is 1. The number of nitrogen functional groups attached to an aromatic ring is 1. The van der Waals surface area contributed by atoms with Gasteiger partial charge < -0.3 is 10.6 Å². The van der Waals surface area contributed by atoms with E-state index in [4.69, 9.17) is 5.73 Å². The van der Waals surface area contributed by atoms with Crippen LogP contribution in [0.3, 0.4) is 0 Å². The minimum atomic E-state index is -2.90. The molecule has 0 unspecified atom stereocenters. The zero-order valence-corrected chi connectivity index (χ0v) is 14.7. The predicted octanol–water partition coefficient (Wildman–Crippen LogP) is 3.25. The zero-order chi connectivity index (χ0) is 21.0. The largest absolute Gasteiger partial charge is 0.368 e. The van der Waals surface area contributed by atoms with Crippen LogP contribution in [0.2, 0.25) is 0 Å². The number of alkyl halides is 6. The van der Waals surface area contributed by atoms with Crippen LogP contribution in [0.25, 0.3) is 11.5 Å². The van der Waals surface area contributed by atoms with E-state index in [1.807, 2.05) is 0 Å². The highest BCUT2D eigenvalue weighted by Gasteiger charge is 2.55. The van der Waals surface area contributed by atoms with Crippen molar-refractivity contribution in [2.24, 2.45) is 0 Å². The Morgan fingerprint density at radius 2 is 1.48 bits per heavy atom. The van der Waals surface area contributed by atoms with Crippen LogP contribution in [-0.4, -0.2) is 48.8 Å². The van der Waals surface area contributed by atoms with Crippen molar-refractivity contribution in [1.29, 1.82) is 0 Å². The van der Waals surface area contributed by atoms with E-state index in [-0.39, 0.29) is 23.4 Å². The summed E-state index contributed by atoms with van der Waals surface area (Å²) in [5.74, 6) is -6.49. The molecule has 29 heavy (non-hydrogen) atoms. The van der Waals surface area contributed by atoms with Crippen LogP contribution in [-0.2, 0) is 0 Å². The third-order valence-electron chi connectivity index (χ3n) is 4.90. The quantitative estimate of drug-likeness (QED) is 0.744. The molecule has 2 aromatic rings. The highest BCUT2D eigenvalue weighted by atomic mass is 19.3. The number of hydrogen-bond acceptors (Lipinski definition) is 7. The maximum Gasteiger partial charge on any atom is 0.281 e. The van der Waals surface area contributed by atoms with E-state index in [1.54, 1.807) is 0 Å². The molecule has 2 heterocycles. The summed E-state index contributed by atoms with van der Waals surface area (Å²) in [5, 5.41) is 0. The molecule has 0 aromatic carbocycles. The summed E-state index contributed by atoms with van der Waals surface area (Å²) in [6.45, 7) is 0. The van der Waals surface area contributed by atoms with Crippen molar-refractivity contribution in [3.63, 3.8) is 0 Å². The Morgan fingerprint density at radius 3 is 2.00 bits per heavy atom. The van der Waals surface area contributed by atoms with Gasteiger partial charge in [-0.3, -0.25) is 4.98 Å². The first-order chi connectivity index (χ1) is 13.5. The molecule has 2 aliphatic rings. The van der Waals surface area contributed by atoms with Crippen molar-refractivity contribution >= 4 is 11.9 Å². The smallest absolute Gasteiger partial charge is 0.281 e. The molecule has 4 rings (SSSR count). The summed E-state index contributed by atoms with van der Waals surface area (Å²) < 4.78 is 79.4. The Kier molecular flexibility index (Phi) is 4.50. The summed E-state index contributed by atoms with van der Waals surface area (Å²) in [7, 11) is 0. The fourth-order valence-electron chi connectivity index (χ4n) is 3.48. The van der Waals surface area contributed by atoms with Crippen molar-refractivity contribution in [2.75, 3.05) is 10.6 Å². The lowest BCUT2D eigenvalue weighted by Gasteiger charge is -2.50. The number of anilines is 2. The second-order valence-electron chi connectivity index (χ2n) is 7.19. The Hall–Kier alpha value is -2.73. The third kappa shape index (κ3) is 3.90. The average molecular weight is 419 g/mol. The molecule has 0 spiro atoms. The number of rotatable bonds is 5. The van der Waals surface area contributed by atoms with Gasteiger partial charge in [-0.05, 0) is 0 Å². The van der Waals surface area contributed by atoms with Crippen LogP contribution in [0.5, 0.6) is 0 Å². The van der Waals surface area contributed by atoms with Gasteiger partial charge in [0.1, 0.15) is 11.4 Å². The molecule has 2 N–H and O–H groups in total. The summed E-state index contributed by atoms with van der Waals surface area (Å²) in [6, 6.07) is -1.50. The SMILES string of the molecule is Nc1nc(-c2cncc(C(F)F)n2)nc(N(C2CC(F)(F)C2)C2CC(F)(F)C2)n1. The lowest BCUT2D eigenvalue weighted by Crippen LogP contribution is -2.60. The zero-order valence-electron chi connectivity index (χ0n) is 14.7. The molecular weight excluding hydrogens is 404 g/mol. The van der Waals surface area contributed by atoms with Gasteiger partial charge in [-0.2, -0.15) is 15.0 Å². The van der Waals surface area contributed by atoms with Crippen LogP contribution in [0.15, 0.2) is 12.4 Å². The summed E-state index contributed by atoms with van der Waals surface area (Å²) in [6.07, 6.45) is -3.00. The van der Waals surface area contributed by atoms with Crippen LogP contribution in [0.1, 0.15) is 37.8 Å². The second-order valence-corrected chi connectivity index (χ2v) is 7.19. The van der Waals surface area contributed by atoms with Gasteiger partial charge in [0.05, 0.1) is 12.4 Å². The van der Waals surface area contributed by atoms with Gasteiger partial charge in [0.25, 0.3) is 18.3 Å².